The molecule has 3 rings (SSSR count). The topological polar surface area (TPSA) is 61.6 Å². The predicted molar refractivity (Wildman–Crippen MR) is 103 cm³/mol. The molecule has 1 fully saturated rings. The summed E-state index contributed by atoms with van der Waals surface area (Å²) in [6.07, 6.45) is 0.886. The number of amides is 1. The van der Waals surface area contributed by atoms with Crippen LogP contribution >= 0.6 is 23.2 Å². The van der Waals surface area contributed by atoms with E-state index in [1.165, 1.54) is 0 Å². The highest BCUT2D eigenvalue weighted by atomic mass is 35.5. The van der Waals surface area contributed by atoms with Crippen molar-refractivity contribution in [1.29, 1.82) is 0 Å². The van der Waals surface area contributed by atoms with Crippen molar-refractivity contribution in [3.8, 4) is 0 Å². The zero-order chi connectivity index (χ0) is 18.5. The van der Waals surface area contributed by atoms with Gasteiger partial charge in [0.25, 0.3) is 5.91 Å². The molecule has 1 aromatic heterocycles. The highest BCUT2D eigenvalue weighted by Crippen LogP contribution is 2.32. The van der Waals surface area contributed by atoms with Crippen LogP contribution in [0.3, 0.4) is 0 Å². The van der Waals surface area contributed by atoms with Crippen molar-refractivity contribution < 1.29 is 9.32 Å². The second-order valence-electron chi connectivity index (χ2n) is 6.34. The second kappa shape index (κ2) is 8.75. The van der Waals surface area contributed by atoms with Crippen molar-refractivity contribution in [3.63, 3.8) is 0 Å². The summed E-state index contributed by atoms with van der Waals surface area (Å²) in [5.74, 6) is 0.0422. The maximum atomic E-state index is 11.9. The van der Waals surface area contributed by atoms with E-state index in [9.17, 15) is 4.79 Å². The van der Waals surface area contributed by atoms with Crippen molar-refractivity contribution in [2.24, 2.45) is 0 Å². The molecule has 1 aromatic carbocycles. The Morgan fingerprint density at radius 1 is 1.27 bits per heavy atom. The molecule has 0 atom stereocenters. The standard InChI is InChI=1S/C18H22Cl2N4O2/c1-13-12-16(26-22-13)18(25)21-6-3-7-23-8-10-24(11-9-23)15-5-2-4-14(19)17(15)20/h2,4-5,12H,3,6-11H2,1H3,(H,21,25). The van der Waals surface area contributed by atoms with Crippen LogP contribution in [0.4, 0.5) is 5.69 Å². The molecule has 8 heteroatoms. The number of hydrogen-bond donors (Lipinski definition) is 1. The van der Waals surface area contributed by atoms with E-state index in [-0.39, 0.29) is 11.7 Å². The molecule has 6 nitrogen and oxygen atoms in total. The summed E-state index contributed by atoms with van der Waals surface area (Å²) in [5.41, 5.74) is 1.70. The van der Waals surface area contributed by atoms with E-state index in [0.717, 1.165) is 44.8 Å². The maximum Gasteiger partial charge on any atom is 0.289 e. The third kappa shape index (κ3) is 4.69. The largest absolute Gasteiger partial charge is 0.368 e. The van der Waals surface area contributed by atoms with Crippen LogP contribution in [-0.4, -0.2) is 55.2 Å². The number of nitrogens with one attached hydrogen (secondary N) is 1. The quantitative estimate of drug-likeness (QED) is 0.759. The molecule has 1 amide bonds. The lowest BCUT2D eigenvalue weighted by molar-refractivity contribution is 0.0914. The summed E-state index contributed by atoms with van der Waals surface area (Å²) in [5, 5.41) is 7.78. The lowest BCUT2D eigenvalue weighted by Crippen LogP contribution is -2.47. The summed E-state index contributed by atoms with van der Waals surface area (Å²) in [6.45, 7) is 7.06. The highest BCUT2D eigenvalue weighted by Gasteiger charge is 2.19. The van der Waals surface area contributed by atoms with Gasteiger partial charge in [0.15, 0.2) is 0 Å². The number of carbonyl (C=O) groups excluding carboxylic acids is 1. The number of nitrogens with zero attached hydrogens (tertiary/aromatic N) is 3. The number of rotatable bonds is 6. The Kier molecular flexibility index (Phi) is 6.40. The zero-order valence-corrected chi connectivity index (χ0v) is 16.2. The number of aromatic nitrogens is 1. The van der Waals surface area contributed by atoms with Crippen LogP contribution in [0.25, 0.3) is 0 Å². The number of piperazine rings is 1. The number of carbonyl (C=O) groups is 1. The van der Waals surface area contributed by atoms with Crippen LogP contribution in [0.2, 0.25) is 10.0 Å². The van der Waals surface area contributed by atoms with Gasteiger partial charge in [0.2, 0.25) is 5.76 Å². The lowest BCUT2D eigenvalue weighted by Gasteiger charge is -2.36. The Balaban J connectivity index is 1.38. The van der Waals surface area contributed by atoms with Gasteiger partial charge in [-0.1, -0.05) is 34.4 Å². The highest BCUT2D eigenvalue weighted by molar-refractivity contribution is 6.43. The molecule has 2 heterocycles. The maximum absolute atomic E-state index is 11.9. The third-order valence-electron chi connectivity index (χ3n) is 4.43. The molecule has 0 bridgehead atoms. The Labute approximate surface area is 163 Å². The minimum atomic E-state index is -0.217. The molecule has 1 aliphatic heterocycles. The summed E-state index contributed by atoms with van der Waals surface area (Å²) in [6, 6.07) is 7.37. The van der Waals surface area contributed by atoms with Gasteiger partial charge in [-0.25, -0.2) is 0 Å². The first kappa shape index (κ1) is 19.0. The van der Waals surface area contributed by atoms with Gasteiger partial charge in [-0.15, -0.1) is 0 Å². The molecule has 140 valence electrons. The number of aryl methyl sites for hydroxylation is 1. The average Bonchev–Trinajstić information content (AvgIpc) is 3.08. The van der Waals surface area contributed by atoms with Gasteiger partial charge in [0.1, 0.15) is 0 Å². The summed E-state index contributed by atoms with van der Waals surface area (Å²) >= 11 is 12.4. The number of benzene rings is 1. The van der Waals surface area contributed by atoms with Crippen LogP contribution in [0.1, 0.15) is 22.7 Å². The molecule has 2 aromatic rings. The van der Waals surface area contributed by atoms with E-state index in [1.807, 2.05) is 12.1 Å². The Hall–Kier alpha value is -1.76. The SMILES string of the molecule is Cc1cc(C(=O)NCCCN2CCN(c3cccc(Cl)c3Cl)CC2)on1. The first-order chi connectivity index (χ1) is 12.5. The fraction of sp³-hybridized carbons (Fsp3) is 0.444. The van der Waals surface area contributed by atoms with Crippen molar-refractivity contribution in [2.75, 3.05) is 44.2 Å². The van der Waals surface area contributed by atoms with Gasteiger partial charge in [-0.05, 0) is 32.0 Å². The molecule has 0 unspecified atom stereocenters. The van der Waals surface area contributed by atoms with Crippen LogP contribution in [-0.2, 0) is 0 Å². The fourth-order valence-electron chi connectivity index (χ4n) is 3.01. The fourth-order valence-corrected chi connectivity index (χ4v) is 3.43. The molecule has 26 heavy (non-hydrogen) atoms. The van der Waals surface area contributed by atoms with E-state index in [1.54, 1.807) is 19.1 Å². The summed E-state index contributed by atoms with van der Waals surface area (Å²) in [7, 11) is 0. The van der Waals surface area contributed by atoms with Gasteiger partial charge >= 0.3 is 0 Å². The molecule has 1 aliphatic rings. The smallest absolute Gasteiger partial charge is 0.289 e. The van der Waals surface area contributed by atoms with Crippen LogP contribution in [0.5, 0.6) is 0 Å². The van der Waals surface area contributed by atoms with Crippen molar-refractivity contribution >= 4 is 34.8 Å². The van der Waals surface area contributed by atoms with Crippen molar-refractivity contribution in [2.45, 2.75) is 13.3 Å². The molecule has 1 N–H and O–H groups in total. The third-order valence-corrected chi connectivity index (χ3v) is 5.24. The van der Waals surface area contributed by atoms with Gasteiger partial charge in [0.05, 0.1) is 21.4 Å². The van der Waals surface area contributed by atoms with Gasteiger partial charge in [-0.3, -0.25) is 9.69 Å². The Bertz CT molecular complexity index is 757. The van der Waals surface area contributed by atoms with Crippen molar-refractivity contribution in [3.05, 3.63) is 45.8 Å². The summed E-state index contributed by atoms with van der Waals surface area (Å²) < 4.78 is 4.95. The van der Waals surface area contributed by atoms with Crippen LogP contribution in [0, 0.1) is 6.92 Å². The molecule has 0 spiro atoms. The number of hydrogen-bond acceptors (Lipinski definition) is 5. The van der Waals surface area contributed by atoms with Crippen LogP contribution < -0.4 is 10.2 Å². The van der Waals surface area contributed by atoms with E-state index in [4.69, 9.17) is 27.7 Å². The zero-order valence-electron chi connectivity index (χ0n) is 14.7. The normalized spacial score (nSPS) is 15.3. The molecular weight excluding hydrogens is 375 g/mol. The number of halogens is 2. The van der Waals surface area contributed by atoms with Gasteiger partial charge < -0.3 is 14.7 Å². The van der Waals surface area contributed by atoms with E-state index in [0.29, 0.717) is 22.3 Å². The predicted octanol–water partition coefficient (Wildman–Crippen LogP) is 3.23. The lowest BCUT2D eigenvalue weighted by atomic mass is 10.2. The minimum Gasteiger partial charge on any atom is -0.368 e. The minimum absolute atomic E-state index is 0.217. The molecule has 0 radical (unpaired) electrons. The monoisotopic (exact) mass is 396 g/mol. The summed E-state index contributed by atoms with van der Waals surface area (Å²) in [4.78, 5) is 16.5. The molecule has 0 aliphatic carbocycles. The Morgan fingerprint density at radius 2 is 2.04 bits per heavy atom. The average molecular weight is 397 g/mol. The number of anilines is 1. The van der Waals surface area contributed by atoms with Crippen molar-refractivity contribution in [1.82, 2.24) is 15.4 Å². The second-order valence-corrected chi connectivity index (χ2v) is 7.13. The van der Waals surface area contributed by atoms with E-state index >= 15 is 0 Å². The molecule has 1 saturated heterocycles. The molecular formula is C18H22Cl2N4O2. The first-order valence-electron chi connectivity index (χ1n) is 8.67. The van der Waals surface area contributed by atoms with Gasteiger partial charge in [-0.2, -0.15) is 0 Å². The Morgan fingerprint density at radius 3 is 2.73 bits per heavy atom. The van der Waals surface area contributed by atoms with Crippen LogP contribution in [0.15, 0.2) is 28.8 Å². The van der Waals surface area contributed by atoms with Gasteiger partial charge in [0, 0.05) is 38.8 Å². The van der Waals surface area contributed by atoms with E-state index in [2.05, 4.69) is 20.3 Å². The van der Waals surface area contributed by atoms with E-state index < -0.39 is 0 Å². The first-order valence-corrected chi connectivity index (χ1v) is 9.43. The molecule has 0 saturated carbocycles.